The molecule has 2 aliphatic rings. The Labute approximate surface area is 235 Å². The van der Waals surface area contributed by atoms with Crippen LogP contribution in [0.1, 0.15) is 79.6 Å². The molecule has 12 nitrogen and oxygen atoms in total. The summed E-state index contributed by atoms with van der Waals surface area (Å²) in [6, 6.07) is 8.95. The van der Waals surface area contributed by atoms with Crippen LogP contribution in [0.15, 0.2) is 24.3 Å². The van der Waals surface area contributed by atoms with Crippen LogP contribution in [0.2, 0.25) is 0 Å². The Bertz CT molecular complexity index is 1420. The molecule has 0 radical (unpaired) electrons. The van der Waals surface area contributed by atoms with Crippen LogP contribution in [0.3, 0.4) is 0 Å². The average molecular weight is 574 g/mol. The number of carbonyl (C=O) groups excluding carboxylic acids is 1. The number of benzene rings is 1. The van der Waals surface area contributed by atoms with E-state index in [1.807, 2.05) is 0 Å². The summed E-state index contributed by atoms with van der Waals surface area (Å²) in [5.74, 6) is 5.21. The van der Waals surface area contributed by atoms with E-state index < -0.39 is 37.2 Å². The molecule has 0 bridgehead atoms. The highest BCUT2D eigenvalue weighted by molar-refractivity contribution is 7.94. The second-order valence-corrected chi connectivity index (χ2v) is 14.9. The fourth-order valence-electron chi connectivity index (χ4n) is 5.69. The van der Waals surface area contributed by atoms with Crippen molar-refractivity contribution in [2.75, 3.05) is 13.1 Å². The molecule has 2 aromatic rings. The minimum absolute atomic E-state index is 0.0912. The van der Waals surface area contributed by atoms with Crippen molar-refractivity contribution < 1.29 is 23.4 Å². The van der Waals surface area contributed by atoms with Crippen LogP contribution in [0.25, 0.3) is 0 Å². The van der Waals surface area contributed by atoms with Gasteiger partial charge in [-0.05, 0) is 64.7 Å². The zero-order valence-electron chi connectivity index (χ0n) is 23.6. The van der Waals surface area contributed by atoms with E-state index in [0.29, 0.717) is 42.6 Å². The predicted octanol–water partition coefficient (Wildman–Crippen LogP) is 0.400. The molecule has 2 heterocycles. The third-order valence-electron chi connectivity index (χ3n) is 8.46. The number of aliphatic hydroxyl groups excluding tert-OH is 2. The molecule has 2 unspecified atom stereocenters. The highest BCUT2D eigenvalue weighted by Crippen LogP contribution is 2.51. The molecule has 1 fully saturated rings. The number of aryl methyl sites for hydroxylation is 1. The lowest BCUT2D eigenvalue weighted by molar-refractivity contribution is -0.0139. The van der Waals surface area contributed by atoms with E-state index in [2.05, 4.69) is 21.9 Å². The van der Waals surface area contributed by atoms with Crippen molar-refractivity contribution in [2.24, 2.45) is 12.9 Å². The number of aromatic nitrogens is 2. The van der Waals surface area contributed by atoms with Crippen molar-refractivity contribution >= 4 is 15.7 Å². The van der Waals surface area contributed by atoms with Gasteiger partial charge in [-0.2, -0.15) is 10.4 Å². The van der Waals surface area contributed by atoms with Gasteiger partial charge in [0.15, 0.2) is 21.8 Å². The van der Waals surface area contributed by atoms with Crippen LogP contribution >= 0.6 is 0 Å². The molecular formula is C27H39N7O5S. The Hall–Kier alpha value is -2.86. The molecule has 1 aromatic carbocycles. The molecule has 1 aliphatic heterocycles. The largest absolute Gasteiger partial charge is 0.390 e. The molecular weight excluding hydrogens is 534 g/mol. The number of amides is 1. The summed E-state index contributed by atoms with van der Waals surface area (Å²) in [6.45, 7) is 7.00. The summed E-state index contributed by atoms with van der Waals surface area (Å²) in [7, 11) is -2.23. The Morgan fingerprint density at radius 1 is 1.27 bits per heavy atom. The number of aliphatic hydroxyl groups is 2. The fourth-order valence-corrected chi connectivity index (χ4v) is 8.37. The summed E-state index contributed by atoms with van der Waals surface area (Å²) in [5, 5.41) is 38.5. The van der Waals surface area contributed by atoms with Gasteiger partial charge in [-0.1, -0.05) is 12.1 Å². The minimum atomic E-state index is -3.88. The van der Waals surface area contributed by atoms with Gasteiger partial charge < -0.3 is 15.5 Å². The third kappa shape index (κ3) is 5.04. The zero-order chi connectivity index (χ0) is 29.7. The van der Waals surface area contributed by atoms with Crippen molar-refractivity contribution in [1.29, 1.82) is 5.26 Å². The number of nitrogens with two attached hydrogens (primary N) is 1. The first kappa shape index (κ1) is 30.1. The molecule has 40 heavy (non-hydrogen) atoms. The van der Waals surface area contributed by atoms with Gasteiger partial charge in [0.05, 0.1) is 38.5 Å². The predicted molar refractivity (Wildman–Crippen MR) is 148 cm³/mol. The summed E-state index contributed by atoms with van der Waals surface area (Å²) in [4.78, 5) is 14.7. The van der Waals surface area contributed by atoms with Gasteiger partial charge in [-0.15, -0.1) is 0 Å². The topological polar surface area (TPSA) is 187 Å². The van der Waals surface area contributed by atoms with E-state index in [1.54, 1.807) is 50.1 Å². The van der Waals surface area contributed by atoms with E-state index >= 15 is 0 Å². The lowest BCUT2D eigenvalue weighted by atomic mass is 9.89. The smallest absolute Gasteiger partial charge is 0.272 e. The van der Waals surface area contributed by atoms with Gasteiger partial charge in [-0.3, -0.25) is 25.6 Å². The zero-order valence-corrected chi connectivity index (χ0v) is 24.4. The second-order valence-electron chi connectivity index (χ2n) is 12.0. The first-order valence-electron chi connectivity index (χ1n) is 13.3. The monoisotopic (exact) mass is 573 g/mol. The normalized spacial score (nSPS) is 19.9. The average Bonchev–Trinajstić information content (AvgIpc) is 3.64. The summed E-state index contributed by atoms with van der Waals surface area (Å²) < 4.78 is 26.7. The molecule has 0 spiro atoms. The lowest BCUT2D eigenvalue weighted by Crippen LogP contribution is -2.64. The van der Waals surface area contributed by atoms with Gasteiger partial charge >= 0.3 is 0 Å². The number of nitrogens with zero attached hydrogens (tertiary/aromatic N) is 4. The highest BCUT2D eigenvalue weighted by atomic mass is 32.2. The van der Waals surface area contributed by atoms with Crippen LogP contribution < -0.4 is 16.6 Å². The van der Waals surface area contributed by atoms with Gasteiger partial charge in [0, 0.05) is 32.2 Å². The highest BCUT2D eigenvalue weighted by Gasteiger charge is 2.63. The van der Waals surface area contributed by atoms with Gasteiger partial charge in [-0.25, -0.2) is 8.42 Å². The van der Waals surface area contributed by atoms with Crippen LogP contribution in [0, 0.1) is 11.3 Å². The van der Waals surface area contributed by atoms with Crippen LogP contribution in [-0.2, 0) is 29.9 Å². The summed E-state index contributed by atoms with van der Waals surface area (Å²) in [5.41, 5.74) is 4.14. The van der Waals surface area contributed by atoms with Crippen LogP contribution in [0.4, 0.5) is 0 Å². The first-order valence-corrected chi connectivity index (χ1v) is 14.8. The maximum absolute atomic E-state index is 13.9. The Morgan fingerprint density at radius 2 is 1.90 bits per heavy atom. The van der Waals surface area contributed by atoms with E-state index in [1.165, 1.54) is 18.5 Å². The number of nitrogens with one attached hydrogen (secondary N) is 2. The Balaban J connectivity index is 1.50. The van der Waals surface area contributed by atoms with Gasteiger partial charge in [0.25, 0.3) is 5.91 Å². The van der Waals surface area contributed by atoms with E-state index in [4.69, 9.17) is 11.1 Å². The van der Waals surface area contributed by atoms with Crippen molar-refractivity contribution in [3.8, 4) is 6.07 Å². The standard InChI is InChI=1S/C27H39N7O5S/c1-25(2,32-29)24(37)26(3,4)40(38,39)27(11-12-27)16-34-13-10-19-20(31-33(5)21(19)23(34)36)22(35)30-15-18-8-6-17(14-28)7-9-18/h6-9,23-24,32,36-37H,10-13,15-16,29H2,1-5H3,(H,30,35). The number of sulfone groups is 1. The molecule has 4 rings (SSSR count). The quantitative estimate of drug-likeness (QED) is 0.197. The van der Waals surface area contributed by atoms with E-state index in [-0.39, 0.29) is 24.7 Å². The molecule has 218 valence electrons. The van der Waals surface area contributed by atoms with Gasteiger partial charge in [0.2, 0.25) is 0 Å². The summed E-state index contributed by atoms with van der Waals surface area (Å²) >= 11 is 0. The number of rotatable bonds is 10. The first-order chi connectivity index (χ1) is 18.6. The lowest BCUT2D eigenvalue weighted by Gasteiger charge is -2.43. The molecule has 1 aliphatic carbocycles. The second kappa shape index (κ2) is 10.5. The van der Waals surface area contributed by atoms with Crippen molar-refractivity contribution in [2.45, 2.75) is 80.9 Å². The molecule has 1 saturated carbocycles. The van der Waals surface area contributed by atoms with Crippen LogP contribution in [-0.4, -0.2) is 73.4 Å². The number of carbonyl (C=O) groups is 1. The van der Waals surface area contributed by atoms with E-state index in [9.17, 15) is 23.4 Å². The molecule has 1 amide bonds. The van der Waals surface area contributed by atoms with Crippen molar-refractivity contribution in [3.63, 3.8) is 0 Å². The Kier molecular flexibility index (Phi) is 7.92. The molecule has 1 aromatic heterocycles. The maximum atomic E-state index is 13.9. The molecule has 13 heteroatoms. The number of fused-ring (bicyclic) bond motifs is 1. The molecule has 2 atom stereocenters. The van der Waals surface area contributed by atoms with E-state index in [0.717, 1.165) is 5.56 Å². The van der Waals surface area contributed by atoms with Crippen molar-refractivity contribution in [3.05, 3.63) is 52.3 Å². The molecule has 6 N–H and O–H groups in total. The Morgan fingerprint density at radius 3 is 2.45 bits per heavy atom. The SMILES string of the molecule is Cn1nc(C(=O)NCc2ccc(C#N)cc2)c2c1C(O)N(CC1(S(=O)(=O)C(C)(C)C(O)C(C)(C)NN)CC1)CC2. The van der Waals surface area contributed by atoms with Crippen LogP contribution in [0.5, 0.6) is 0 Å². The third-order valence-corrected chi connectivity index (χ3v) is 11.7. The van der Waals surface area contributed by atoms with Gasteiger partial charge in [0.1, 0.15) is 0 Å². The fraction of sp³-hybridized carbons (Fsp3) is 0.593. The molecule has 0 saturated heterocycles. The summed E-state index contributed by atoms with van der Waals surface area (Å²) in [6.07, 6.45) is -1.18. The minimum Gasteiger partial charge on any atom is -0.390 e. The number of hydrogen-bond acceptors (Lipinski definition) is 10. The number of nitriles is 1. The number of hydrazine groups is 1. The number of hydrogen-bond donors (Lipinski definition) is 5. The maximum Gasteiger partial charge on any atom is 0.272 e. The van der Waals surface area contributed by atoms with Crippen molar-refractivity contribution in [1.82, 2.24) is 25.4 Å².